The predicted octanol–water partition coefficient (Wildman–Crippen LogP) is 1.81. The van der Waals surface area contributed by atoms with E-state index in [0.29, 0.717) is 18.9 Å². The highest BCUT2D eigenvalue weighted by molar-refractivity contribution is 5.92. The zero-order valence-corrected chi connectivity index (χ0v) is 10.2. The Morgan fingerprint density at radius 3 is 2.76 bits per heavy atom. The number of likely N-dealkylation sites (tertiary alicyclic amines) is 1. The molecule has 4 heteroatoms. The maximum absolute atomic E-state index is 12.0. The maximum Gasteiger partial charge on any atom is 0.326 e. The summed E-state index contributed by atoms with van der Waals surface area (Å²) in [4.78, 5) is 24.5. The van der Waals surface area contributed by atoms with Crippen molar-refractivity contribution in [1.29, 1.82) is 0 Å². The molecule has 0 spiro atoms. The van der Waals surface area contributed by atoms with Crippen LogP contribution in [0.25, 0.3) is 0 Å². The van der Waals surface area contributed by atoms with Gasteiger partial charge < -0.3 is 10.0 Å². The van der Waals surface area contributed by atoms with E-state index < -0.39 is 12.0 Å². The summed E-state index contributed by atoms with van der Waals surface area (Å²) in [5, 5.41) is 9.02. The number of amides is 1. The molecule has 2 aliphatic rings. The van der Waals surface area contributed by atoms with Gasteiger partial charge in [-0.2, -0.15) is 0 Å². The summed E-state index contributed by atoms with van der Waals surface area (Å²) < 4.78 is 0. The maximum atomic E-state index is 12.0. The third-order valence-electron chi connectivity index (χ3n) is 3.72. The first-order valence-electron chi connectivity index (χ1n) is 6.31. The molecule has 1 heterocycles. The van der Waals surface area contributed by atoms with E-state index in [-0.39, 0.29) is 5.91 Å². The number of carbonyl (C=O) groups is 2. The number of aliphatic carboxylic acids is 1. The Labute approximate surface area is 101 Å². The number of rotatable bonds is 2. The monoisotopic (exact) mass is 237 g/mol. The number of carboxylic acids is 1. The first-order valence-corrected chi connectivity index (χ1v) is 6.31. The Hall–Kier alpha value is -1.32. The van der Waals surface area contributed by atoms with Crippen molar-refractivity contribution in [2.75, 3.05) is 6.54 Å². The lowest BCUT2D eigenvalue weighted by Crippen LogP contribution is -2.39. The summed E-state index contributed by atoms with van der Waals surface area (Å²) in [6, 6.07) is -0.613. The number of allylic oxidation sites excluding steroid dienone is 1. The van der Waals surface area contributed by atoms with Gasteiger partial charge in [-0.3, -0.25) is 4.79 Å². The fourth-order valence-corrected chi connectivity index (χ4v) is 2.76. The van der Waals surface area contributed by atoms with Crippen molar-refractivity contribution in [2.45, 2.75) is 45.1 Å². The van der Waals surface area contributed by atoms with Gasteiger partial charge in [0.15, 0.2) is 0 Å². The van der Waals surface area contributed by atoms with Crippen LogP contribution in [0.3, 0.4) is 0 Å². The van der Waals surface area contributed by atoms with Crippen molar-refractivity contribution < 1.29 is 14.7 Å². The fraction of sp³-hybridized carbons (Fsp3) is 0.692. The first-order chi connectivity index (χ1) is 8.08. The van der Waals surface area contributed by atoms with Crippen LogP contribution in [0.4, 0.5) is 0 Å². The van der Waals surface area contributed by atoms with Crippen molar-refractivity contribution in [1.82, 2.24) is 4.90 Å². The molecule has 1 aliphatic carbocycles. The highest BCUT2D eigenvalue weighted by atomic mass is 16.4. The number of carbonyl (C=O) groups excluding carboxylic acids is 1. The second-order valence-electron chi connectivity index (χ2n) is 5.18. The van der Waals surface area contributed by atoms with E-state index in [1.165, 1.54) is 10.5 Å². The van der Waals surface area contributed by atoms with Crippen LogP contribution in [0.2, 0.25) is 0 Å². The van der Waals surface area contributed by atoms with E-state index in [0.717, 1.165) is 25.7 Å². The summed E-state index contributed by atoms with van der Waals surface area (Å²) >= 11 is 0. The van der Waals surface area contributed by atoms with Gasteiger partial charge in [0.05, 0.1) is 0 Å². The number of hydrogen-bond acceptors (Lipinski definition) is 2. The molecule has 1 N–H and O–H groups in total. The second kappa shape index (κ2) is 4.90. The van der Waals surface area contributed by atoms with E-state index in [4.69, 9.17) is 5.11 Å². The Morgan fingerprint density at radius 2 is 2.18 bits per heavy atom. The molecule has 2 fully saturated rings. The Bertz CT molecular complexity index is 362. The van der Waals surface area contributed by atoms with Gasteiger partial charge in [0.2, 0.25) is 5.91 Å². The van der Waals surface area contributed by atoms with Crippen LogP contribution in [0.15, 0.2) is 11.6 Å². The fourth-order valence-electron chi connectivity index (χ4n) is 2.76. The summed E-state index contributed by atoms with van der Waals surface area (Å²) in [6.45, 7) is 2.76. The SMILES string of the molecule is CC1CC/C(=C\C(=O)N2CCC[C@@H]2C(=O)O)C1. The third-order valence-corrected chi connectivity index (χ3v) is 3.72. The van der Waals surface area contributed by atoms with Gasteiger partial charge in [0.25, 0.3) is 0 Å². The van der Waals surface area contributed by atoms with E-state index in [9.17, 15) is 9.59 Å². The molecule has 4 nitrogen and oxygen atoms in total. The van der Waals surface area contributed by atoms with Crippen LogP contribution in [0.5, 0.6) is 0 Å². The molecule has 2 atom stereocenters. The number of hydrogen-bond donors (Lipinski definition) is 1. The largest absolute Gasteiger partial charge is 0.480 e. The van der Waals surface area contributed by atoms with E-state index in [1.807, 2.05) is 0 Å². The van der Waals surface area contributed by atoms with Crippen LogP contribution in [-0.4, -0.2) is 34.5 Å². The summed E-state index contributed by atoms with van der Waals surface area (Å²) in [5.74, 6) is -0.337. The third kappa shape index (κ3) is 2.68. The molecule has 17 heavy (non-hydrogen) atoms. The van der Waals surface area contributed by atoms with Crippen molar-refractivity contribution in [3.8, 4) is 0 Å². The van der Waals surface area contributed by atoms with Crippen LogP contribution in [0, 0.1) is 5.92 Å². The molecular weight excluding hydrogens is 218 g/mol. The van der Waals surface area contributed by atoms with Gasteiger partial charge in [-0.1, -0.05) is 12.5 Å². The standard InChI is InChI=1S/C13H19NO3/c1-9-4-5-10(7-9)8-12(15)14-6-2-3-11(14)13(16)17/h8-9,11H,2-7H2,1H3,(H,16,17)/b10-8+/t9?,11-/m1/s1. The molecule has 0 aromatic rings. The van der Waals surface area contributed by atoms with Gasteiger partial charge in [0, 0.05) is 12.6 Å². The van der Waals surface area contributed by atoms with Crippen LogP contribution in [-0.2, 0) is 9.59 Å². The van der Waals surface area contributed by atoms with E-state index in [1.54, 1.807) is 6.08 Å². The zero-order chi connectivity index (χ0) is 12.4. The van der Waals surface area contributed by atoms with Gasteiger partial charge in [-0.05, 0) is 38.0 Å². The van der Waals surface area contributed by atoms with Crippen molar-refractivity contribution in [3.63, 3.8) is 0 Å². The molecule has 1 saturated heterocycles. The molecule has 0 aromatic carbocycles. The minimum absolute atomic E-state index is 0.112. The highest BCUT2D eigenvalue weighted by Crippen LogP contribution is 2.30. The normalized spacial score (nSPS) is 31.1. The lowest BCUT2D eigenvalue weighted by Gasteiger charge is -2.19. The predicted molar refractivity (Wildman–Crippen MR) is 63.5 cm³/mol. The van der Waals surface area contributed by atoms with E-state index in [2.05, 4.69) is 6.92 Å². The second-order valence-corrected chi connectivity index (χ2v) is 5.18. The lowest BCUT2D eigenvalue weighted by atomic mass is 10.1. The van der Waals surface area contributed by atoms with Gasteiger partial charge in [-0.15, -0.1) is 0 Å². The van der Waals surface area contributed by atoms with Crippen LogP contribution < -0.4 is 0 Å². The smallest absolute Gasteiger partial charge is 0.326 e. The number of nitrogens with zero attached hydrogens (tertiary/aromatic N) is 1. The van der Waals surface area contributed by atoms with Crippen molar-refractivity contribution in [3.05, 3.63) is 11.6 Å². The lowest BCUT2D eigenvalue weighted by molar-refractivity contribution is -0.146. The summed E-state index contributed by atoms with van der Waals surface area (Å²) in [7, 11) is 0. The molecule has 2 rings (SSSR count). The average molecular weight is 237 g/mol. The average Bonchev–Trinajstić information content (AvgIpc) is 2.86. The number of carboxylic acid groups (broad SMARTS) is 1. The van der Waals surface area contributed by atoms with Crippen molar-refractivity contribution in [2.24, 2.45) is 5.92 Å². The molecule has 0 aromatic heterocycles. The topological polar surface area (TPSA) is 57.6 Å². The summed E-state index contributed by atoms with van der Waals surface area (Å²) in [5.41, 5.74) is 1.18. The molecule has 94 valence electrons. The minimum Gasteiger partial charge on any atom is -0.480 e. The Morgan fingerprint density at radius 1 is 1.41 bits per heavy atom. The molecular formula is C13H19NO3. The Balaban J connectivity index is 2.02. The highest BCUT2D eigenvalue weighted by Gasteiger charge is 2.33. The van der Waals surface area contributed by atoms with Gasteiger partial charge >= 0.3 is 5.97 Å². The van der Waals surface area contributed by atoms with Crippen LogP contribution >= 0.6 is 0 Å². The summed E-state index contributed by atoms with van der Waals surface area (Å²) in [6.07, 6.45) is 6.16. The molecule has 1 unspecified atom stereocenters. The molecule has 0 radical (unpaired) electrons. The van der Waals surface area contributed by atoms with E-state index >= 15 is 0 Å². The van der Waals surface area contributed by atoms with Gasteiger partial charge in [-0.25, -0.2) is 4.79 Å². The zero-order valence-electron chi connectivity index (χ0n) is 10.2. The van der Waals surface area contributed by atoms with Crippen molar-refractivity contribution >= 4 is 11.9 Å². The molecule has 1 saturated carbocycles. The Kier molecular flexibility index (Phi) is 3.50. The van der Waals surface area contributed by atoms with Crippen LogP contribution in [0.1, 0.15) is 39.0 Å². The molecule has 1 amide bonds. The quantitative estimate of drug-likeness (QED) is 0.745. The van der Waals surface area contributed by atoms with Gasteiger partial charge in [0.1, 0.15) is 6.04 Å². The first kappa shape index (κ1) is 12.1. The molecule has 0 bridgehead atoms. The molecule has 1 aliphatic heterocycles. The minimum atomic E-state index is -0.881.